The lowest BCUT2D eigenvalue weighted by molar-refractivity contribution is 1.70. The van der Waals surface area contributed by atoms with Crippen LogP contribution in [0, 0.1) is 0 Å². The lowest BCUT2D eigenvalue weighted by atomic mass is 9.96. The van der Waals surface area contributed by atoms with Crippen LogP contribution in [0.5, 0.6) is 0 Å². The summed E-state index contributed by atoms with van der Waals surface area (Å²) >= 11 is 3.82. The first-order valence-electron chi connectivity index (χ1n) is 7.09. The van der Waals surface area contributed by atoms with Crippen molar-refractivity contribution in [3.05, 3.63) is 71.2 Å². The molecule has 0 radical (unpaired) electrons. The van der Waals surface area contributed by atoms with Gasteiger partial charge in [-0.1, -0.05) is 66.7 Å². The summed E-state index contributed by atoms with van der Waals surface area (Å²) in [6.45, 7) is 0. The van der Waals surface area contributed by atoms with E-state index in [1.54, 1.807) is 0 Å². The van der Waals surface area contributed by atoms with Crippen molar-refractivity contribution in [2.45, 2.75) is 0 Å². The van der Waals surface area contributed by atoms with Gasteiger partial charge in [-0.3, -0.25) is 0 Å². The van der Waals surface area contributed by atoms with Gasteiger partial charge >= 0.3 is 0 Å². The summed E-state index contributed by atoms with van der Waals surface area (Å²) in [6.07, 6.45) is 0. The van der Waals surface area contributed by atoms with Gasteiger partial charge in [-0.05, 0) is 59.7 Å². The van der Waals surface area contributed by atoms with Crippen molar-refractivity contribution in [1.29, 1.82) is 0 Å². The minimum atomic E-state index is 1.20. The van der Waals surface area contributed by atoms with E-state index < -0.39 is 0 Å². The largest absolute Gasteiger partial charge is 0.0616 e. The highest BCUT2D eigenvalue weighted by Gasteiger charge is 2.24. The molecule has 0 saturated carbocycles. The maximum Gasteiger partial charge on any atom is 0.0332 e. The van der Waals surface area contributed by atoms with Crippen LogP contribution in [0.4, 0.5) is 0 Å². The minimum Gasteiger partial charge on any atom is -0.0616 e. The maximum atomic E-state index is 3.82. The summed E-state index contributed by atoms with van der Waals surface area (Å²) in [6, 6.07) is 24.0. The Morgan fingerprint density at radius 1 is 0.524 bits per heavy atom. The molecule has 0 N–H and O–H groups in total. The van der Waals surface area contributed by atoms with Crippen LogP contribution in [-0.2, 0) is 0 Å². The summed E-state index contributed by atoms with van der Waals surface area (Å²) in [5.41, 5.74) is 5.44. The Morgan fingerprint density at radius 3 is 2.00 bits per heavy atom. The Morgan fingerprint density at radius 2 is 1.14 bits per heavy atom. The van der Waals surface area contributed by atoms with Gasteiger partial charge in [0.15, 0.2) is 0 Å². The Kier molecular flexibility index (Phi) is 2.17. The molecule has 0 nitrogen and oxygen atoms in total. The molecule has 1 aliphatic rings. The highest BCUT2D eigenvalue weighted by molar-refractivity contribution is 9.10. The fourth-order valence-electron chi connectivity index (χ4n) is 3.62. The molecule has 0 bridgehead atoms. The van der Waals surface area contributed by atoms with Gasteiger partial charge in [0.25, 0.3) is 0 Å². The van der Waals surface area contributed by atoms with Crippen LogP contribution in [0.15, 0.2) is 71.2 Å². The maximum absolute atomic E-state index is 3.82. The quantitative estimate of drug-likeness (QED) is 0.288. The molecule has 0 amide bonds. The Bertz CT molecular complexity index is 1040. The third-order valence-corrected chi connectivity index (χ3v) is 5.32. The predicted octanol–water partition coefficient (Wildman–Crippen LogP) is 6.40. The molecule has 1 aliphatic carbocycles. The standard InChI is InChI=1S/C20H11Br/c21-20-16-9-4-3-8-15(16)18-13-7-2-1-6-12(13)14-10-5-11-17(20)19(14)18/h1-11H. The van der Waals surface area contributed by atoms with Gasteiger partial charge in [-0.15, -0.1) is 0 Å². The van der Waals surface area contributed by atoms with E-state index in [0.717, 1.165) is 0 Å². The first-order chi connectivity index (χ1) is 10.4. The summed E-state index contributed by atoms with van der Waals surface area (Å²) in [7, 11) is 0. The normalized spacial score (nSPS) is 12.0. The molecule has 5 rings (SSSR count). The molecule has 4 aromatic carbocycles. The summed E-state index contributed by atoms with van der Waals surface area (Å²) in [5, 5.41) is 5.30. The second-order valence-corrected chi connectivity index (χ2v) is 6.30. The molecule has 0 aromatic heterocycles. The molecule has 0 atom stereocenters. The molecule has 98 valence electrons. The van der Waals surface area contributed by atoms with Crippen molar-refractivity contribution in [3.63, 3.8) is 0 Å². The number of fused-ring (bicyclic) bond motifs is 5. The Labute approximate surface area is 131 Å². The van der Waals surface area contributed by atoms with E-state index in [-0.39, 0.29) is 0 Å². The molecule has 0 spiro atoms. The minimum absolute atomic E-state index is 1.20. The fraction of sp³-hybridized carbons (Fsp3) is 0. The van der Waals surface area contributed by atoms with Gasteiger partial charge in [-0.2, -0.15) is 0 Å². The van der Waals surface area contributed by atoms with Crippen molar-refractivity contribution >= 4 is 37.5 Å². The highest BCUT2D eigenvalue weighted by Crippen LogP contribution is 2.52. The first kappa shape index (κ1) is 11.5. The second-order valence-electron chi connectivity index (χ2n) is 5.51. The predicted molar refractivity (Wildman–Crippen MR) is 93.6 cm³/mol. The van der Waals surface area contributed by atoms with Gasteiger partial charge in [0.05, 0.1) is 0 Å². The lowest BCUT2D eigenvalue weighted by Gasteiger charge is -2.10. The lowest BCUT2D eigenvalue weighted by Crippen LogP contribution is -1.83. The van der Waals surface area contributed by atoms with Crippen LogP contribution in [0.25, 0.3) is 43.8 Å². The topological polar surface area (TPSA) is 0 Å². The Balaban J connectivity index is 2.18. The third-order valence-electron chi connectivity index (χ3n) is 4.47. The van der Waals surface area contributed by atoms with Crippen molar-refractivity contribution in [2.75, 3.05) is 0 Å². The number of rotatable bonds is 0. The number of benzene rings is 4. The smallest absolute Gasteiger partial charge is 0.0332 e. The average molecular weight is 331 g/mol. The monoisotopic (exact) mass is 330 g/mol. The zero-order valence-electron chi connectivity index (χ0n) is 11.2. The van der Waals surface area contributed by atoms with Gasteiger partial charge in [-0.25, -0.2) is 0 Å². The first-order valence-corrected chi connectivity index (χ1v) is 7.88. The van der Waals surface area contributed by atoms with Crippen LogP contribution in [0.1, 0.15) is 0 Å². The number of hydrogen-bond acceptors (Lipinski definition) is 0. The van der Waals surface area contributed by atoms with Crippen LogP contribution < -0.4 is 0 Å². The van der Waals surface area contributed by atoms with Crippen molar-refractivity contribution in [1.82, 2.24) is 0 Å². The molecule has 1 heteroatoms. The van der Waals surface area contributed by atoms with Crippen LogP contribution in [0.3, 0.4) is 0 Å². The zero-order valence-corrected chi connectivity index (χ0v) is 12.8. The van der Waals surface area contributed by atoms with Gasteiger partial charge in [0.2, 0.25) is 0 Å². The molecule has 0 unspecified atom stereocenters. The molecule has 21 heavy (non-hydrogen) atoms. The molecule has 0 saturated heterocycles. The molecule has 0 fully saturated rings. The molecule has 0 aliphatic heterocycles. The fourth-order valence-corrected chi connectivity index (χ4v) is 4.29. The van der Waals surface area contributed by atoms with Crippen molar-refractivity contribution in [3.8, 4) is 22.3 Å². The molecular weight excluding hydrogens is 320 g/mol. The van der Waals surface area contributed by atoms with Crippen molar-refractivity contribution < 1.29 is 0 Å². The summed E-state index contributed by atoms with van der Waals surface area (Å²) < 4.78 is 1.20. The zero-order chi connectivity index (χ0) is 14.0. The summed E-state index contributed by atoms with van der Waals surface area (Å²) in [5.74, 6) is 0. The van der Waals surface area contributed by atoms with Crippen LogP contribution in [-0.4, -0.2) is 0 Å². The van der Waals surface area contributed by atoms with E-state index in [0.29, 0.717) is 0 Å². The third kappa shape index (κ3) is 1.35. The van der Waals surface area contributed by atoms with E-state index >= 15 is 0 Å². The number of hydrogen-bond donors (Lipinski definition) is 0. The van der Waals surface area contributed by atoms with Gasteiger partial charge in [0.1, 0.15) is 0 Å². The second kappa shape index (κ2) is 3.96. The number of halogens is 1. The van der Waals surface area contributed by atoms with Gasteiger partial charge in [0, 0.05) is 4.47 Å². The van der Waals surface area contributed by atoms with E-state index in [4.69, 9.17) is 0 Å². The van der Waals surface area contributed by atoms with Gasteiger partial charge < -0.3 is 0 Å². The highest BCUT2D eigenvalue weighted by atomic mass is 79.9. The molecule has 4 aromatic rings. The van der Waals surface area contributed by atoms with E-state index in [1.807, 2.05) is 0 Å². The Hall–Kier alpha value is -2.12. The molecule has 0 heterocycles. The average Bonchev–Trinajstić information content (AvgIpc) is 2.88. The van der Waals surface area contributed by atoms with E-state index in [1.165, 1.54) is 48.3 Å². The molecular formula is C20H11Br. The van der Waals surface area contributed by atoms with E-state index in [9.17, 15) is 0 Å². The van der Waals surface area contributed by atoms with Crippen LogP contribution in [0.2, 0.25) is 0 Å². The van der Waals surface area contributed by atoms with E-state index in [2.05, 4.69) is 82.7 Å². The SMILES string of the molecule is Brc1c2ccccc2c2c3c(cccc13)-c1ccccc1-2. The van der Waals surface area contributed by atoms with Crippen LogP contribution >= 0.6 is 15.9 Å². The van der Waals surface area contributed by atoms with Crippen molar-refractivity contribution in [2.24, 2.45) is 0 Å². The summed E-state index contributed by atoms with van der Waals surface area (Å²) in [4.78, 5) is 0.